The number of halogens is 3. The summed E-state index contributed by atoms with van der Waals surface area (Å²) in [4.78, 5) is 0. The minimum absolute atomic E-state index is 0.0684. The highest BCUT2D eigenvalue weighted by atomic mass is 31.1. The van der Waals surface area contributed by atoms with Gasteiger partial charge >= 0.3 is 6.18 Å². The lowest BCUT2D eigenvalue weighted by Gasteiger charge is -2.35. The fourth-order valence-electron chi connectivity index (χ4n) is 3.57. The van der Waals surface area contributed by atoms with E-state index in [1.165, 1.54) is 6.07 Å². The maximum atomic E-state index is 13.5. The molecule has 0 saturated heterocycles. The van der Waals surface area contributed by atoms with E-state index in [4.69, 9.17) is 0 Å². The highest BCUT2D eigenvalue weighted by Crippen LogP contribution is 2.52. The van der Waals surface area contributed by atoms with Crippen LogP contribution in [0.4, 0.5) is 13.2 Å². The summed E-state index contributed by atoms with van der Waals surface area (Å²) in [5.74, 6) is 0.211. The van der Waals surface area contributed by atoms with E-state index in [2.05, 4.69) is 0 Å². The quantitative estimate of drug-likeness (QED) is 0.570. The van der Waals surface area contributed by atoms with Crippen LogP contribution in [0, 0.1) is 13.8 Å². The van der Waals surface area contributed by atoms with Gasteiger partial charge in [-0.05, 0) is 43.6 Å². The number of aryl methyl sites for hydroxylation is 2. The molecule has 0 heterocycles. The van der Waals surface area contributed by atoms with Gasteiger partial charge in [0.2, 0.25) is 0 Å². The lowest BCUT2D eigenvalue weighted by molar-refractivity contribution is -0.136. The fraction of sp³-hybridized carbons (Fsp3) is 0.429. The molecule has 0 radical (unpaired) electrons. The van der Waals surface area contributed by atoms with Gasteiger partial charge in [-0.3, -0.25) is 0 Å². The monoisotopic (exact) mass is 382 g/mol. The summed E-state index contributed by atoms with van der Waals surface area (Å²) >= 11 is 0. The van der Waals surface area contributed by atoms with Crippen molar-refractivity contribution in [3.8, 4) is 5.75 Å². The first-order valence-corrected chi connectivity index (χ1v) is 9.89. The zero-order valence-electron chi connectivity index (χ0n) is 15.7. The van der Waals surface area contributed by atoms with Crippen LogP contribution in [0.3, 0.4) is 0 Å². The first-order chi connectivity index (χ1) is 12.1. The van der Waals surface area contributed by atoms with Gasteiger partial charge in [0.05, 0.1) is 5.56 Å². The number of hydrogen-bond acceptors (Lipinski definition) is 1. The molecule has 142 valence electrons. The van der Waals surface area contributed by atoms with Crippen molar-refractivity contribution in [3.63, 3.8) is 0 Å². The van der Waals surface area contributed by atoms with Gasteiger partial charge in [0.1, 0.15) is 5.75 Å². The van der Waals surface area contributed by atoms with E-state index in [0.29, 0.717) is 11.7 Å². The van der Waals surface area contributed by atoms with Gasteiger partial charge in [0.25, 0.3) is 0 Å². The molecule has 1 N–H and O–H groups in total. The Hall–Kier alpha value is -1.54. The van der Waals surface area contributed by atoms with Gasteiger partial charge in [-0.1, -0.05) is 64.7 Å². The SMILES string of the molecule is CCCC(CC)(Pc1ccccc1C(F)(F)F)c1cc(C)cc(C)c1O. The second-order valence-electron chi connectivity index (χ2n) is 6.83. The number of phenols is 1. The molecule has 0 saturated carbocycles. The van der Waals surface area contributed by atoms with E-state index in [1.54, 1.807) is 12.1 Å². The summed E-state index contributed by atoms with van der Waals surface area (Å²) < 4.78 is 40.4. The van der Waals surface area contributed by atoms with Crippen molar-refractivity contribution in [2.75, 3.05) is 0 Å². The molecule has 0 aromatic heterocycles. The van der Waals surface area contributed by atoms with E-state index < -0.39 is 16.9 Å². The van der Waals surface area contributed by atoms with Gasteiger partial charge in [0.15, 0.2) is 0 Å². The molecule has 0 spiro atoms. The van der Waals surface area contributed by atoms with Crippen molar-refractivity contribution >= 4 is 13.9 Å². The van der Waals surface area contributed by atoms with Crippen LogP contribution in [-0.2, 0) is 11.3 Å². The van der Waals surface area contributed by atoms with Gasteiger partial charge in [-0.25, -0.2) is 0 Å². The molecule has 0 aliphatic rings. The number of hydrogen-bond donors (Lipinski definition) is 1. The Balaban J connectivity index is 2.64. The Labute approximate surface area is 155 Å². The molecule has 2 unspecified atom stereocenters. The third kappa shape index (κ3) is 4.23. The summed E-state index contributed by atoms with van der Waals surface area (Å²) in [6.07, 6.45) is -2.15. The zero-order valence-corrected chi connectivity index (χ0v) is 16.7. The zero-order chi connectivity index (χ0) is 19.5. The van der Waals surface area contributed by atoms with Crippen LogP contribution in [0.15, 0.2) is 36.4 Å². The highest BCUT2D eigenvalue weighted by Gasteiger charge is 2.38. The number of aromatic hydroxyl groups is 1. The minimum Gasteiger partial charge on any atom is -0.507 e. The smallest absolute Gasteiger partial charge is 0.417 e. The second-order valence-corrected chi connectivity index (χ2v) is 8.58. The molecular weight excluding hydrogens is 356 g/mol. The van der Waals surface area contributed by atoms with Crippen LogP contribution >= 0.6 is 8.58 Å². The molecule has 2 aromatic carbocycles. The van der Waals surface area contributed by atoms with Crippen LogP contribution < -0.4 is 5.30 Å². The van der Waals surface area contributed by atoms with Gasteiger partial charge in [0, 0.05) is 10.7 Å². The standard InChI is InChI=1S/C21H26F3OP/c1-5-11-20(6-2,17-13-14(3)12-15(4)19(17)25)26-18-10-8-7-9-16(18)21(22,23)24/h7-10,12-13,25-26H,5-6,11H2,1-4H3. The molecule has 0 fully saturated rings. The van der Waals surface area contributed by atoms with Crippen LogP contribution in [0.1, 0.15) is 55.4 Å². The summed E-state index contributed by atoms with van der Waals surface area (Å²) in [6, 6.07) is 9.64. The van der Waals surface area contributed by atoms with Crippen molar-refractivity contribution in [1.29, 1.82) is 0 Å². The van der Waals surface area contributed by atoms with E-state index >= 15 is 0 Å². The summed E-state index contributed by atoms with van der Waals surface area (Å²) in [5, 5.41) is 10.5. The number of benzene rings is 2. The number of rotatable bonds is 6. The Morgan fingerprint density at radius 1 is 1.00 bits per heavy atom. The lowest BCUT2D eigenvalue weighted by atomic mass is 9.88. The van der Waals surface area contributed by atoms with Gasteiger partial charge in [-0.2, -0.15) is 13.2 Å². The molecule has 2 rings (SSSR count). The van der Waals surface area contributed by atoms with Crippen LogP contribution in [0.2, 0.25) is 0 Å². The van der Waals surface area contributed by atoms with Crippen molar-refractivity contribution in [3.05, 3.63) is 58.7 Å². The second kappa shape index (κ2) is 8.00. The average Bonchev–Trinajstić information content (AvgIpc) is 2.57. The maximum Gasteiger partial charge on any atom is 0.417 e. The lowest BCUT2D eigenvalue weighted by Crippen LogP contribution is -2.26. The molecular formula is C21H26F3OP. The van der Waals surface area contributed by atoms with Crippen molar-refractivity contribution in [1.82, 2.24) is 0 Å². The maximum absolute atomic E-state index is 13.5. The third-order valence-corrected chi connectivity index (χ3v) is 6.90. The Kier molecular flexibility index (Phi) is 6.39. The molecule has 2 aromatic rings. The Bertz CT molecular complexity index is 770. The molecule has 0 aliphatic heterocycles. The molecule has 0 bridgehead atoms. The van der Waals surface area contributed by atoms with Gasteiger partial charge in [-0.15, -0.1) is 0 Å². The largest absolute Gasteiger partial charge is 0.507 e. The highest BCUT2D eigenvalue weighted by molar-refractivity contribution is 7.48. The van der Waals surface area contributed by atoms with Crippen molar-refractivity contribution < 1.29 is 18.3 Å². The first-order valence-electron chi connectivity index (χ1n) is 8.89. The van der Waals surface area contributed by atoms with Crippen molar-refractivity contribution in [2.24, 2.45) is 0 Å². The third-order valence-electron chi connectivity index (χ3n) is 4.85. The van der Waals surface area contributed by atoms with Crippen LogP contribution in [-0.4, -0.2) is 5.11 Å². The normalized spacial score (nSPS) is 14.7. The van der Waals surface area contributed by atoms with Crippen LogP contribution in [0.5, 0.6) is 5.75 Å². The van der Waals surface area contributed by atoms with Gasteiger partial charge < -0.3 is 5.11 Å². The molecule has 0 aliphatic carbocycles. The van der Waals surface area contributed by atoms with Crippen molar-refractivity contribution in [2.45, 2.75) is 58.3 Å². The summed E-state index contributed by atoms with van der Waals surface area (Å²) in [5.41, 5.74) is 1.98. The first kappa shape index (κ1) is 20.8. The molecule has 5 heteroatoms. The predicted octanol–water partition coefficient (Wildman–Crippen LogP) is 6.44. The van der Waals surface area contributed by atoms with Crippen LogP contribution in [0.25, 0.3) is 0 Å². The summed E-state index contributed by atoms with van der Waals surface area (Å²) in [7, 11) is -0.0684. The van der Waals surface area contributed by atoms with E-state index in [0.717, 1.165) is 35.6 Å². The molecule has 0 amide bonds. The number of phenolic OH excluding ortho intramolecular Hbond substituents is 1. The molecule has 2 atom stereocenters. The topological polar surface area (TPSA) is 20.2 Å². The van der Waals surface area contributed by atoms with E-state index in [-0.39, 0.29) is 14.3 Å². The summed E-state index contributed by atoms with van der Waals surface area (Å²) in [6.45, 7) is 7.82. The minimum atomic E-state index is -4.38. The Morgan fingerprint density at radius 2 is 1.65 bits per heavy atom. The van der Waals surface area contributed by atoms with E-state index in [1.807, 2.05) is 39.8 Å². The number of alkyl halides is 3. The average molecular weight is 382 g/mol. The Morgan fingerprint density at radius 3 is 2.23 bits per heavy atom. The fourth-order valence-corrected chi connectivity index (χ4v) is 5.50. The molecule has 1 nitrogen and oxygen atoms in total. The van der Waals surface area contributed by atoms with E-state index in [9.17, 15) is 18.3 Å². The predicted molar refractivity (Wildman–Crippen MR) is 104 cm³/mol. The molecule has 26 heavy (non-hydrogen) atoms.